The monoisotopic (exact) mass is 206 g/mol. The first kappa shape index (κ1) is 9.13. The van der Waals surface area contributed by atoms with Gasteiger partial charge in [0.2, 0.25) is 5.78 Å². The van der Waals surface area contributed by atoms with E-state index in [4.69, 9.17) is 0 Å². The third kappa shape index (κ3) is 1.62. The Morgan fingerprint density at radius 1 is 1.27 bits per heavy atom. The van der Waals surface area contributed by atoms with Crippen LogP contribution in [-0.2, 0) is 0 Å². The summed E-state index contributed by atoms with van der Waals surface area (Å²) in [5.74, 6) is -0.523. The van der Waals surface area contributed by atoms with E-state index in [0.29, 0.717) is 0 Å². The minimum Gasteiger partial charge on any atom is -0.342 e. The SMILES string of the molecule is O=C(c1ncc[nH]1)c1c[nH]c(=O)[nH]c1=O. The van der Waals surface area contributed by atoms with Gasteiger partial charge in [-0.1, -0.05) is 0 Å². The average Bonchev–Trinajstić information content (AvgIpc) is 2.69. The molecule has 0 bridgehead atoms. The van der Waals surface area contributed by atoms with Crippen molar-refractivity contribution in [3.05, 3.63) is 50.8 Å². The summed E-state index contributed by atoms with van der Waals surface area (Å²) in [6.45, 7) is 0. The maximum absolute atomic E-state index is 11.6. The topological polar surface area (TPSA) is 111 Å². The molecule has 2 aromatic rings. The van der Waals surface area contributed by atoms with Crippen molar-refractivity contribution < 1.29 is 4.79 Å². The summed E-state index contributed by atoms with van der Waals surface area (Å²) in [5.41, 5.74) is -1.55. The fourth-order valence-corrected chi connectivity index (χ4v) is 1.10. The minimum atomic E-state index is -0.736. The van der Waals surface area contributed by atoms with E-state index in [9.17, 15) is 14.4 Å². The predicted molar refractivity (Wildman–Crippen MR) is 49.7 cm³/mol. The van der Waals surface area contributed by atoms with Crippen molar-refractivity contribution in [3.63, 3.8) is 0 Å². The molecule has 7 heteroatoms. The van der Waals surface area contributed by atoms with Crippen molar-refractivity contribution in [2.75, 3.05) is 0 Å². The lowest BCUT2D eigenvalue weighted by Gasteiger charge is -1.94. The van der Waals surface area contributed by atoms with Crippen LogP contribution >= 0.6 is 0 Å². The number of nitrogens with zero attached hydrogens (tertiary/aromatic N) is 1. The Morgan fingerprint density at radius 3 is 2.67 bits per heavy atom. The van der Waals surface area contributed by atoms with Gasteiger partial charge in [-0.15, -0.1) is 0 Å². The highest BCUT2D eigenvalue weighted by atomic mass is 16.2. The van der Waals surface area contributed by atoms with Crippen molar-refractivity contribution >= 4 is 5.78 Å². The molecule has 0 saturated heterocycles. The fraction of sp³-hybridized carbons (Fsp3) is 0. The number of hydrogen-bond acceptors (Lipinski definition) is 4. The predicted octanol–water partition coefficient (Wildman–Crippen LogP) is -0.983. The Kier molecular flexibility index (Phi) is 2.05. The number of hydrogen-bond donors (Lipinski definition) is 3. The molecule has 3 N–H and O–H groups in total. The molecule has 0 spiro atoms. The zero-order valence-electron chi connectivity index (χ0n) is 7.40. The normalized spacial score (nSPS) is 10.1. The third-order valence-electron chi connectivity index (χ3n) is 1.78. The molecule has 0 radical (unpaired) electrons. The van der Waals surface area contributed by atoms with Gasteiger partial charge in [0.1, 0.15) is 5.56 Å². The number of nitrogens with one attached hydrogen (secondary N) is 3. The summed E-state index contributed by atoms with van der Waals surface area (Å²) in [6, 6.07) is 0. The largest absolute Gasteiger partial charge is 0.342 e. The third-order valence-corrected chi connectivity index (χ3v) is 1.78. The molecule has 0 amide bonds. The number of carbonyl (C=O) groups excluding carboxylic acids is 1. The van der Waals surface area contributed by atoms with Crippen LogP contribution < -0.4 is 11.2 Å². The Balaban J connectivity index is 2.52. The van der Waals surface area contributed by atoms with E-state index in [-0.39, 0.29) is 11.4 Å². The van der Waals surface area contributed by atoms with Gasteiger partial charge in [-0.3, -0.25) is 14.6 Å². The van der Waals surface area contributed by atoms with Gasteiger partial charge in [0, 0.05) is 18.6 Å². The second kappa shape index (κ2) is 3.37. The average molecular weight is 206 g/mol. The van der Waals surface area contributed by atoms with E-state index in [1.54, 1.807) is 0 Å². The number of aromatic amines is 3. The highest BCUT2D eigenvalue weighted by Gasteiger charge is 2.15. The smallest absolute Gasteiger partial charge is 0.325 e. The van der Waals surface area contributed by atoms with Crippen molar-refractivity contribution in [3.8, 4) is 0 Å². The first-order chi connectivity index (χ1) is 7.18. The maximum Gasteiger partial charge on any atom is 0.325 e. The molecule has 0 aliphatic heterocycles. The first-order valence-electron chi connectivity index (χ1n) is 4.04. The lowest BCUT2D eigenvalue weighted by Crippen LogP contribution is -2.27. The highest BCUT2D eigenvalue weighted by Crippen LogP contribution is 1.97. The molecule has 0 atom stereocenters. The molecule has 0 aliphatic rings. The Bertz CT molecular complexity index is 593. The van der Waals surface area contributed by atoms with Crippen LogP contribution in [0.1, 0.15) is 16.2 Å². The molecule has 0 saturated carbocycles. The molecule has 2 rings (SSSR count). The number of aromatic nitrogens is 4. The van der Waals surface area contributed by atoms with Crippen LogP contribution in [0.5, 0.6) is 0 Å². The molecule has 7 nitrogen and oxygen atoms in total. The number of rotatable bonds is 2. The number of H-pyrrole nitrogens is 3. The van der Waals surface area contributed by atoms with Crippen LogP contribution in [0.25, 0.3) is 0 Å². The Hall–Kier alpha value is -2.44. The molecule has 0 aliphatic carbocycles. The molecule has 15 heavy (non-hydrogen) atoms. The van der Waals surface area contributed by atoms with Gasteiger partial charge in [0.25, 0.3) is 5.56 Å². The van der Waals surface area contributed by atoms with Gasteiger partial charge in [0.15, 0.2) is 5.82 Å². The van der Waals surface area contributed by atoms with E-state index in [1.165, 1.54) is 12.4 Å². The van der Waals surface area contributed by atoms with Crippen molar-refractivity contribution in [2.24, 2.45) is 0 Å². The zero-order valence-corrected chi connectivity index (χ0v) is 7.40. The highest BCUT2D eigenvalue weighted by molar-refractivity contribution is 6.05. The molecule has 2 heterocycles. The van der Waals surface area contributed by atoms with Crippen LogP contribution in [0.2, 0.25) is 0 Å². The van der Waals surface area contributed by atoms with E-state index in [1.807, 2.05) is 4.98 Å². The second-order valence-corrected chi connectivity index (χ2v) is 2.75. The van der Waals surface area contributed by atoms with Gasteiger partial charge < -0.3 is 9.97 Å². The van der Waals surface area contributed by atoms with E-state index in [0.717, 1.165) is 6.20 Å². The van der Waals surface area contributed by atoms with Crippen LogP contribution in [0.4, 0.5) is 0 Å². The van der Waals surface area contributed by atoms with Gasteiger partial charge in [-0.2, -0.15) is 0 Å². The van der Waals surface area contributed by atoms with E-state index in [2.05, 4.69) is 15.0 Å². The van der Waals surface area contributed by atoms with E-state index < -0.39 is 17.0 Å². The second-order valence-electron chi connectivity index (χ2n) is 2.75. The van der Waals surface area contributed by atoms with Crippen LogP contribution in [0.15, 0.2) is 28.2 Å². The van der Waals surface area contributed by atoms with Crippen molar-refractivity contribution in [2.45, 2.75) is 0 Å². The summed E-state index contributed by atoms with van der Waals surface area (Å²) in [7, 11) is 0. The standard InChI is InChI=1S/C8H6N4O3/c13-5(6-9-1-2-10-6)4-3-11-8(15)12-7(4)14/h1-3H,(H,9,10)(H2,11,12,14,15). The number of ketones is 1. The number of imidazole rings is 1. The van der Waals surface area contributed by atoms with Gasteiger partial charge in [-0.05, 0) is 0 Å². The summed E-state index contributed by atoms with van der Waals surface area (Å²) < 4.78 is 0. The molecule has 2 aromatic heterocycles. The van der Waals surface area contributed by atoms with Crippen LogP contribution in [-0.4, -0.2) is 25.7 Å². The quantitative estimate of drug-likeness (QED) is 0.548. The number of carbonyl (C=O) groups is 1. The Morgan fingerprint density at radius 2 is 2.07 bits per heavy atom. The molecular weight excluding hydrogens is 200 g/mol. The van der Waals surface area contributed by atoms with Gasteiger partial charge >= 0.3 is 5.69 Å². The summed E-state index contributed by atoms with van der Waals surface area (Å²) in [6.07, 6.45) is 3.92. The fourth-order valence-electron chi connectivity index (χ4n) is 1.10. The molecular formula is C8H6N4O3. The lowest BCUT2D eigenvalue weighted by atomic mass is 10.2. The van der Waals surface area contributed by atoms with Crippen molar-refractivity contribution in [1.82, 2.24) is 19.9 Å². The van der Waals surface area contributed by atoms with Gasteiger partial charge in [-0.25, -0.2) is 9.78 Å². The van der Waals surface area contributed by atoms with Crippen molar-refractivity contribution in [1.29, 1.82) is 0 Å². The van der Waals surface area contributed by atoms with Crippen LogP contribution in [0, 0.1) is 0 Å². The molecule has 0 aromatic carbocycles. The van der Waals surface area contributed by atoms with Gasteiger partial charge in [0.05, 0.1) is 0 Å². The Labute approximate surface area is 82.2 Å². The molecule has 0 unspecified atom stereocenters. The van der Waals surface area contributed by atoms with E-state index >= 15 is 0 Å². The molecule has 76 valence electrons. The summed E-state index contributed by atoms with van der Waals surface area (Å²) >= 11 is 0. The minimum absolute atomic E-state index is 0.0487. The maximum atomic E-state index is 11.6. The zero-order chi connectivity index (χ0) is 10.8. The molecule has 0 fully saturated rings. The first-order valence-corrected chi connectivity index (χ1v) is 4.04. The lowest BCUT2D eigenvalue weighted by molar-refractivity contribution is 0.102. The summed E-state index contributed by atoms with van der Waals surface area (Å²) in [4.78, 5) is 44.0. The summed E-state index contributed by atoms with van der Waals surface area (Å²) in [5, 5.41) is 0. The van der Waals surface area contributed by atoms with Crippen LogP contribution in [0.3, 0.4) is 0 Å².